The summed E-state index contributed by atoms with van der Waals surface area (Å²) >= 11 is 0. The predicted octanol–water partition coefficient (Wildman–Crippen LogP) is 2.54. The highest BCUT2D eigenvalue weighted by atomic mass is 16.5. The van der Waals surface area contributed by atoms with Gasteiger partial charge in [0.1, 0.15) is 11.5 Å². The van der Waals surface area contributed by atoms with E-state index in [1.165, 1.54) is 4.90 Å². The Morgan fingerprint density at radius 2 is 1.81 bits per heavy atom. The quantitative estimate of drug-likeness (QED) is 0.771. The van der Waals surface area contributed by atoms with Crippen molar-refractivity contribution < 1.29 is 18.7 Å². The van der Waals surface area contributed by atoms with Gasteiger partial charge in [-0.05, 0) is 31.2 Å². The van der Waals surface area contributed by atoms with Gasteiger partial charge in [-0.15, -0.1) is 0 Å². The number of rotatable bonds is 3. The number of anilines is 1. The van der Waals surface area contributed by atoms with Gasteiger partial charge in [-0.2, -0.15) is 0 Å². The Bertz CT molecular complexity index is 1010. The largest absolute Gasteiger partial charge is 0.477 e. The summed E-state index contributed by atoms with van der Waals surface area (Å²) in [5.41, 5.74) is 6.92. The van der Waals surface area contributed by atoms with E-state index in [-0.39, 0.29) is 18.1 Å². The Labute approximate surface area is 155 Å². The SMILES string of the molecule is Cc1oc(-c2ccccc2)nc1C(=O)N1C[C@@H](C(N)=O)Oc2ccccc21. The Kier molecular flexibility index (Phi) is 4.12. The summed E-state index contributed by atoms with van der Waals surface area (Å²) in [5.74, 6) is 0.179. The van der Waals surface area contributed by atoms with E-state index in [0.29, 0.717) is 23.1 Å². The molecular weight excluding hydrogens is 346 g/mol. The smallest absolute Gasteiger partial charge is 0.280 e. The second-order valence-electron chi connectivity index (χ2n) is 6.18. The molecule has 1 aromatic heterocycles. The maximum Gasteiger partial charge on any atom is 0.280 e. The van der Waals surface area contributed by atoms with E-state index in [4.69, 9.17) is 14.9 Å². The van der Waals surface area contributed by atoms with Crippen LogP contribution in [0, 0.1) is 6.92 Å². The number of nitrogens with zero attached hydrogens (tertiary/aromatic N) is 2. The van der Waals surface area contributed by atoms with Crippen molar-refractivity contribution in [1.82, 2.24) is 4.98 Å². The molecule has 7 heteroatoms. The van der Waals surface area contributed by atoms with E-state index in [2.05, 4.69) is 4.98 Å². The van der Waals surface area contributed by atoms with Gasteiger partial charge in [0.25, 0.3) is 11.8 Å². The average molecular weight is 363 g/mol. The molecule has 3 aromatic rings. The van der Waals surface area contributed by atoms with Crippen LogP contribution in [0.1, 0.15) is 16.2 Å². The lowest BCUT2D eigenvalue weighted by Gasteiger charge is -2.33. The van der Waals surface area contributed by atoms with Crippen LogP contribution in [0.2, 0.25) is 0 Å². The highest BCUT2D eigenvalue weighted by Crippen LogP contribution is 2.34. The number of ether oxygens (including phenoxy) is 1. The second kappa shape index (κ2) is 6.60. The first-order valence-electron chi connectivity index (χ1n) is 8.44. The van der Waals surface area contributed by atoms with Crippen LogP contribution in [-0.2, 0) is 4.79 Å². The predicted molar refractivity (Wildman–Crippen MR) is 98.4 cm³/mol. The number of aromatic nitrogens is 1. The summed E-state index contributed by atoms with van der Waals surface area (Å²) in [5, 5.41) is 0. The molecule has 1 aliphatic heterocycles. The maximum atomic E-state index is 13.2. The van der Waals surface area contributed by atoms with Crippen LogP contribution in [0.3, 0.4) is 0 Å². The molecule has 7 nitrogen and oxygen atoms in total. The fraction of sp³-hybridized carbons (Fsp3) is 0.150. The van der Waals surface area contributed by atoms with Crippen LogP contribution in [-0.4, -0.2) is 29.4 Å². The molecular formula is C20H17N3O4. The number of para-hydroxylation sites is 2. The van der Waals surface area contributed by atoms with Crippen LogP contribution < -0.4 is 15.4 Å². The number of carbonyl (C=O) groups is 2. The third kappa shape index (κ3) is 3.03. The van der Waals surface area contributed by atoms with Gasteiger partial charge in [-0.25, -0.2) is 4.98 Å². The Hall–Kier alpha value is -3.61. The van der Waals surface area contributed by atoms with Gasteiger partial charge in [0.2, 0.25) is 5.89 Å². The van der Waals surface area contributed by atoms with Crippen molar-refractivity contribution >= 4 is 17.5 Å². The molecule has 0 aliphatic carbocycles. The number of nitrogens with two attached hydrogens (primary N) is 1. The second-order valence-corrected chi connectivity index (χ2v) is 6.18. The molecule has 1 aliphatic rings. The zero-order valence-corrected chi connectivity index (χ0v) is 14.6. The molecule has 2 amide bonds. The van der Waals surface area contributed by atoms with Crippen molar-refractivity contribution in [1.29, 1.82) is 0 Å². The molecule has 0 unspecified atom stereocenters. The Morgan fingerprint density at radius 3 is 2.56 bits per heavy atom. The molecule has 0 fully saturated rings. The van der Waals surface area contributed by atoms with E-state index < -0.39 is 12.0 Å². The first-order valence-corrected chi connectivity index (χ1v) is 8.44. The monoisotopic (exact) mass is 363 g/mol. The van der Waals surface area contributed by atoms with Gasteiger partial charge in [0, 0.05) is 5.56 Å². The van der Waals surface area contributed by atoms with Gasteiger partial charge < -0.3 is 14.9 Å². The average Bonchev–Trinajstić information content (AvgIpc) is 3.09. The number of oxazole rings is 1. The molecule has 2 aromatic carbocycles. The Balaban J connectivity index is 1.72. The van der Waals surface area contributed by atoms with E-state index >= 15 is 0 Å². The molecule has 1 atom stereocenters. The van der Waals surface area contributed by atoms with Gasteiger partial charge in [-0.3, -0.25) is 14.5 Å². The van der Waals surface area contributed by atoms with Crippen LogP contribution in [0.15, 0.2) is 59.0 Å². The van der Waals surface area contributed by atoms with Gasteiger partial charge >= 0.3 is 0 Å². The van der Waals surface area contributed by atoms with Crippen molar-refractivity contribution in [3.63, 3.8) is 0 Å². The minimum atomic E-state index is -0.926. The number of hydrogen-bond donors (Lipinski definition) is 1. The number of carbonyl (C=O) groups excluding carboxylic acids is 2. The molecule has 0 saturated carbocycles. The normalized spacial score (nSPS) is 15.7. The van der Waals surface area contributed by atoms with E-state index in [1.807, 2.05) is 30.3 Å². The summed E-state index contributed by atoms with van der Waals surface area (Å²) in [6, 6.07) is 16.3. The minimum absolute atomic E-state index is 0.0121. The molecule has 4 rings (SSSR count). The lowest BCUT2D eigenvalue weighted by molar-refractivity contribution is -0.124. The third-order valence-corrected chi connectivity index (χ3v) is 4.36. The molecule has 0 spiro atoms. The first-order chi connectivity index (χ1) is 13.0. The molecule has 27 heavy (non-hydrogen) atoms. The van der Waals surface area contributed by atoms with Gasteiger partial charge in [0.05, 0.1) is 12.2 Å². The standard InChI is InChI=1S/C20H17N3O4/c1-12-17(22-19(26-12)13-7-3-2-4-8-13)20(25)23-11-16(18(21)24)27-15-10-6-5-9-14(15)23/h2-10,16H,11H2,1H3,(H2,21,24)/t16-/m0/s1. The van der Waals surface area contributed by atoms with Crippen LogP contribution in [0.5, 0.6) is 5.75 Å². The molecule has 0 bridgehead atoms. The fourth-order valence-electron chi connectivity index (χ4n) is 3.00. The van der Waals surface area contributed by atoms with Gasteiger partial charge in [0.15, 0.2) is 11.8 Å². The molecule has 0 saturated heterocycles. The molecule has 0 radical (unpaired) electrons. The molecule has 2 N–H and O–H groups in total. The first kappa shape index (κ1) is 16.8. The third-order valence-electron chi connectivity index (χ3n) is 4.36. The fourth-order valence-corrected chi connectivity index (χ4v) is 3.00. The molecule has 2 heterocycles. The summed E-state index contributed by atoms with van der Waals surface area (Å²) in [4.78, 5) is 30.7. The number of benzene rings is 2. The lowest BCUT2D eigenvalue weighted by atomic mass is 10.1. The summed E-state index contributed by atoms with van der Waals surface area (Å²) < 4.78 is 11.3. The Morgan fingerprint density at radius 1 is 1.11 bits per heavy atom. The summed E-state index contributed by atoms with van der Waals surface area (Å²) in [6.45, 7) is 1.70. The topological polar surface area (TPSA) is 98.7 Å². The van der Waals surface area contributed by atoms with Crippen molar-refractivity contribution in [3.05, 3.63) is 66.1 Å². The molecule has 136 valence electrons. The lowest BCUT2D eigenvalue weighted by Crippen LogP contribution is -2.49. The van der Waals surface area contributed by atoms with Crippen molar-refractivity contribution in [3.8, 4) is 17.2 Å². The number of amides is 2. The van der Waals surface area contributed by atoms with E-state index in [1.54, 1.807) is 31.2 Å². The number of aryl methyl sites for hydroxylation is 1. The summed E-state index contributed by atoms with van der Waals surface area (Å²) in [7, 11) is 0. The van der Waals surface area contributed by atoms with Gasteiger partial charge in [-0.1, -0.05) is 30.3 Å². The summed E-state index contributed by atoms with van der Waals surface area (Å²) in [6.07, 6.45) is -0.926. The number of primary amides is 1. The van der Waals surface area contributed by atoms with E-state index in [9.17, 15) is 9.59 Å². The van der Waals surface area contributed by atoms with Crippen LogP contribution in [0.4, 0.5) is 5.69 Å². The van der Waals surface area contributed by atoms with Crippen molar-refractivity contribution in [2.75, 3.05) is 11.4 Å². The zero-order chi connectivity index (χ0) is 19.0. The van der Waals surface area contributed by atoms with Crippen molar-refractivity contribution in [2.24, 2.45) is 5.73 Å². The number of hydrogen-bond acceptors (Lipinski definition) is 5. The maximum absolute atomic E-state index is 13.2. The highest BCUT2D eigenvalue weighted by molar-refractivity contribution is 6.07. The minimum Gasteiger partial charge on any atom is -0.477 e. The van der Waals surface area contributed by atoms with Crippen molar-refractivity contribution in [2.45, 2.75) is 13.0 Å². The highest BCUT2D eigenvalue weighted by Gasteiger charge is 2.35. The van der Waals surface area contributed by atoms with Crippen LogP contribution >= 0.6 is 0 Å². The van der Waals surface area contributed by atoms with E-state index in [0.717, 1.165) is 5.56 Å². The van der Waals surface area contributed by atoms with Crippen LogP contribution in [0.25, 0.3) is 11.5 Å². The number of fused-ring (bicyclic) bond motifs is 1. The zero-order valence-electron chi connectivity index (χ0n) is 14.6.